The topological polar surface area (TPSA) is 142 Å². The summed E-state index contributed by atoms with van der Waals surface area (Å²) in [6.45, 7) is 0. The Balaban J connectivity index is 1.68. The molecule has 0 bridgehead atoms. The van der Waals surface area contributed by atoms with Crippen LogP contribution in [0.4, 0.5) is 24.7 Å². The lowest BCUT2D eigenvalue weighted by molar-refractivity contribution is -0.141. The van der Waals surface area contributed by atoms with Crippen molar-refractivity contribution in [1.82, 2.24) is 15.3 Å². The molecule has 9 nitrogen and oxygen atoms in total. The minimum absolute atomic E-state index is 0.0817. The van der Waals surface area contributed by atoms with Gasteiger partial charge in [0.15, 0.2) is 0 Å². The molecule has 1 atom stereocenters. The predicted octanol–water partition coefficient (Wildman–Crippen LogP) is 3.44. The van der Waals surface area contributed by atoms with E-state index in [2.05, 4.69) is 20.6 Å². The highest BCUT2D eigenvalue weighted by Crippen LogP contribution is 2.31. The Morgan fingerprint density at radius 2 is 1.70 bits per heavy atom. The minimum Gasteiger partial charge on any atom is -0.481 e. The van der Waals surface area contributed by atoms with E-state index in [0.29, 0.717) is 5.69 Å². The van der Waals surface area contributed by atoms with Crippen molar-refractivity contribution in [2.24, 2.45) is 0 Å². The summed E-state index contributed by atoms with van der Waals surface area (Å²) in [5.41, 5.74) is 0.148. The number of benzene rings is 2. The summed E-state index contributed by atoms with van der Waals surface area (Å²) < 4.78 is 38.4. The summed E-state index contributed by atoms with van der Waals surface area (Å²) in [5, 5.41) is 23.0. The smallest absolute Gasteiger partial charge is 0.416 e. The number of rotatable bonds is 8. The van der Waals surface area contributed by atoms with Crippen molar-refractivity contribution in [3.8, 4) is 0 Å². The molecule has 4 N–H and O–H groups in total. The van der Waals surface area contributed by atoms with Gasteiger partial charge in [-0.2, -0.15) is 13.2 Å². The van der Waals surface area contributed by atoms with Crippen molar-refractivity contribution in [2.45, 2.75) is 25.1 Å². The third kappa shape index (κ3) is 6.15. The van der Waals surface area contributed by atoms with Crippen LogP contribution >= 0.6 is 0 Å². The number of anilines is 2. The molecule has 33 heavy (non-hydrogen) atoms. The first-order valence-corrected chi connectivity index (χ1v) is 9.49. The largest absolute Gasteiger partial charge is 0.481 e. The predicted molar refractivity (Wildman–Crippen MR) is 110 cm³/mol. The Kier molecular flexibility index (Phi) is 6.75. The lowest BCUT2D eigenvalue weighted by Gasteiger charge is -2.14. The number of nitrogens with zero attached hydrogens (tertiary/aromatic N) is 2. The number of alkyl halides is 3. The van der Waals surface area contributed by atoms with Gasteiger partial charge in [-0.05, 0) is 48.9 Å². The van der Waals surface area contributed by atoms with Crippen LogP contribution in [-0.2, 0) is 15.8 Å². The summed E-state index contributed by atoms with van der Waals surface area (Å²) in [6.07, 6.45) is -3.89. The van der Waals surface area contributed by atoms with Gasteiger partial charge in [0, 0.05) is 17.7 Å². The van der Waals surface area contributed by atoms with E-state index in [9.17, 15) is 27.6 Å². The Morgan fingerprint density at radius 3 is 2.30 bits per heavy atom. The average Bonchev–Trinajstić information content (AvgIpc) is 2.75. The second-order valence-corrected chi connectivity index (χ2v) is 6.96. The van der Waals surface area contributed by atoms with E-state index >= 15 is 0 Å². The van der Waals surface area contributed by atoms with Crippen LogP contribution < -0.4 is 10.6 Å². The van der Waals surface area contributed by atoms with E-state index in [-0.39, 0.29) is 28.8 Å². The highest BCUT2D eigenvalue weighted by atomic mass is 19.4. The highest BCUT2D eigenvalue weighted by molar-refractivity contribution is 5.97. The van der Waals surface area contributed by atoms with Crippen LogP contribution in [-0.4, -0.2) is 44.1 Å². The van der Waals surface area contributed by atoms with Crippen LogP contribution in [0.15, 0.2) is 48.7 Å². The normalized spacial score (nSPS) is 12.2. The molecule has 1 aromatic heterocycles. The summed E-state index contributed by atoms with van der Waals surface area (Å²) in [5.74, 6) is -2.95. The quantitative estimate of drug-likeness (QED) is 0.399. The fourth-order valence-electron chi connectivity index (χ4n) is 2.87. The zero-order valence-electron chi connectivity index (χ0n) is 16.8. The molecule has 0 spiro atoms. The van der Waals surface area contributed by atoms with E-state index in [1.165, 1.54) is 36.5 Å². The standard InChI is InChI=1S/C21H17F3N4O5/c22-21(23,24)12-3-6-14-16(9-12)25-10-17(27-14)26-13-4-1-11(2-5-13)19(31)28-15(20(32)33)7-8-18(29)30/h1-6,9-10,15H,7-8H2,(H,26,27)(H,28,31)(H,29,30)(H,32,33)/t15-/m0/s1. The molecular formula is C21H17F3N4O5. The van der Waals surface area contributed by atoms with Crippen molar-refractivity contribution < 1.29 is 37.8 Å². The third-order valence-corrected chi connectivity index (χ3v) is 4.54. The number of hydrogen-bond acceptors (Lipinski definition) is 6. The molecule has 0 aliphatic rings. The lowest BCUT2D eigenvalue weighted by Crippen LogP contribution is -2.41. The first-order chi connectivity index (χ1) is 15.5. The van der Waals surface area contributed by atoms with Gasteiger partial charge in [0.2, 0.25) is 0 Å². The van der Waals surface area contributed by atoms with Gasteiger partial charge in [-0.15, -0.1) is 0 Å². The molecule has 12 heteroatoms. The van der Waals surface area contributed by atoms with Gasteiger partial charge < -0.3 is 20.8 Å². The van der Waals surface area contributed by atoms with Crippen LogP contribution in [0.5, 0.6) is 0 Å². The molecule has 0 aliphatic carbocycles. The van der Waals surface area contributed by atoms with Crippen molar-refractivity contribution in [3.05, 3.63) is 59.8 Å². The van der Waals surface area contributed by atoms with E-state index in [1.54, 1.807) is 0 Å². The van der Waals surface area contributed by atoms with Crippen LogP contribution in [0.2, 0.25) is 0 Å². The van der Waals surface area contributed by atoms with Crippen LogP contribution in [0, 0.1) is 0 Å². The fourth-order valence-corrected chi connectivity index (χ4v) is 2.87. The minimum atomic E-state index is -4.48. The van der Waals surface area contributed by atoms with Gasteiger partial charge in [0.1, 0.15) is 11.9 Å². The summed E-state index contributed by atoms with van der Waals surface area (Å²) in [7, 11) is 0. The Labute approximate surface area is 184 Å². The second-order valence-electron chi connectivity index (χ2n) is 6.96. The summed E-state index contributed by atoms with van der Waals surface area (Å²) >= 11 is 0. The van der Waals surface area contributed by atoms with Crippen LogP contribution in [0.3, 0.4) is 0 Å². The average molecular weight is 462 g/mol. The maximum Gasteiger partial charge on any atom is 0.416 e. The van der Waals surface area contributed by atoms with Gasteiger partial charge in [-0.3, -0.25) is 14.6 Å². The first-order valence-electron chi connectivity index (χ1n) is 9.49. The summed E-state index contributed by atoms with van der Waals surface area (Å²) in [4.78, 5) is 42.3. The maximum atomic E-state index is 12.8. The Morgan fingerprint density at radius 1 is 1.00 bits per heavy atom. The van der Waals surface area contributed by atoms with Gasteiger partial charge in [-0.1, -0.05) is 0 Å². The Bertz CT molecular complexity index is 1200. The maximum absolute atomic E-state index is 12.8. The number of amides is 1. The number of fused-ring (bicyclic) bond motifs is 1. The number of carbonyl (C=O) groups is 3. The molecule has 0 unspecified atom stereocenters. The monoisotopic (exact) mass is 462 g/mol. The number of carbonyl (C=O) groups excluding carboxylic acids is 1. The van der Waals surface area contributed by atoms with E-state index in [1.807, 2.05) is 0 Å². The molecule has 0 radical (unpaired) electrons. The van der Waals surface area contributed by atoms with E-state index in [0.717, 1.165) is 12.1 Å². The van der Waals surface area contributed by atoms with Crippen LogP contribution in [0.1, 0.15) is 28.8 Å². The zero-order valence-corrected chi connectivity index (χ0v) is 16.8. The van der Waals surface area contributed by atoms with Gasteiger partial charge in [-0.25, -0.2) is 9.78 Å². The molecule has 1 heterocycles. The van der Waals surface area contributed by atoms with Crippen molar-refractivity contribution in [3.63, 3.8) is 0 Å². The number of nitrogens with one attached hydrogen (secondary N) is 2. The Hall–Kier alpha value is -4.22. The van der Waals surface area contributed by atoms with Gasteiger partial charge in [0.05, 0.1) is 22.8 Å². The SMILES string of the molecule is O=C(O)CC[C@H](NC(=O)c1ccc(Nc2cnc3cc(C(F)(F)F)ccc3n2)cc1)C(=O)O. The van der Waals surface area contributed by atoms with Crippen molar-refractivity contribution >= 4 is 40.4 Å². The summed E-state index contributed by atoms with van der Waals surface area (Å²) in [6, 6.07) is 7.54. The van der Waals surface area contributed by atoms with Crippen molar-refractivity contribution in [1.29, 1.82) is 0 Å². The molecule has 3 rings (SSSR count). The van der Waals surface area contributed by atoms with Crippen molar-refractivity contribution in [2.75, 3.05) is 5.32 Å². The number of hydrogen-bond donors (Lipinski definition) is 4. The number of carboxylic acids is 2. The van der Waals surface area contributed by atoms with Crippen LogP contribution in [0.25, 0.3) is 11.0 Å². The molecular weight excluding hydrogens is 445 g/mol. The molecule has 3 aromatic rings. The molecule has 0 fully saturated rings. The van der Waals surface area contributed by atoms with E-state index in [4.69, 9.17) is 10.2 Å². The number of halogens is 3. The molecule has 172 valence electrons. The number of carboxylic acid groups (broad SMARTS) is 2. The highest BCUT2D eigenvalue weighted by Gasteiger charge is 2.30. The second kappa shape index (κ2) is 9.51. The fraction of sp³-hybridized carbons (Fsp3) is 0.190. The molecule has 2 aromatic carbocycles. The molecule has 1 amide bonds. The van der Waals surface area contributed by atoms with Gasteiger partial charge >= 0.3 is 18.1 Å². The number of aromatic nitrogens is 2. The third-order valence-electron chi connectivity index (χ3n) is 4.54. The zero-order chi connectivity index (χ0) is 24.2. The molecule has 0 saturated heterocycles. The first kappa shape index (κ1) is 23.4. The van der Waals surface area contributed by atoms with E-state index < -0.39 is 42.0 Å². The van der Waals surface area contributed by atoms with Gasteiger partial charge in [0.25, 0.3) is 5.91 Å². The lowest BCUT2D eigenvalue weighted by atomic mass is 10.1. The molecule has 0 saturated carbocycles. The number of aliphatic carboxylic acids is 2. The molecule has 0 aliphatic heterocycles.